The van der Waals surface area contributed by atoms with Crippen LogP contribution in [0.1, 0.15) is 35.3 Å². The molecule has 0 aliphatic carbocycles. The number of methoxy groups -OCH3 is 1. The molecule has 1 heterocycles. The van der Waals surface area contributed by atoms with Gasteiger partial charge in [-0.1, -0.05) is 65.7 Å². The second-order valence-electron chi connectivity index (χ2n) is 6.83. The van der Waals surface area contributed by atoms with Crippen LogP contribution in [0.4, 0.5) is 0 Å². The molecule has 148 valence electrons. The lowest BCUT2D eigenvalue weighted by atomic mass is 9.93. The summed E-state index contributed by atoms with van der Waals surface area (Å²) in [6, 6.07) is 20.6. The van der Waals surface area contributed by atoms with E-state index < -0.39 is 0 Å². The minimum atomic E-state index is -0.348. The van der Waals surface area contributed by atoms with Crippen molar-refractivity contribution in [2.75, 3.05) is 7.11 Å². The zero-order valence-corrected chi connectivity index (χ0v) is 17.3. The molecule has 6 heteroatoms. The van der Waals surface area contributed by atoms with E-state index in [9.17, 15) is 5.11 Å². The average molecular weight is 427 g/mol. The van der Waals surface area contributed by atoms with E-state index in [0.717, 1.165) is 22.4 Å². The monoisotopic (exact) mass is 426 g/mol. The Kier molecular flexibility index (Phi) is 5.76. The number of halogens is 2. The number of aliphatic imine (C=N–C) groups is 1. The van der Waals surface area contributed by atoms with Crippen LogP contribution in [0.15, 0.2) is 71.7 Å². The summed E-state index contributed by atoms with van der Waals surface area (Å²) in [7, 11) is 1.54. The molecule has 0 spiro atoms. The number of nitrogens with zero attached hydrogens (tertiary/aromatic N) is 1. The first kappa shape index (κ1) is 19.8. The molecule has 3 aromatic rings. The SMILES string of the molecule is COc1cccc([C@H]2CC(c3ccc(Cl)cc3)=N[C@@H](c3ccccc3Cl)N2)c1O. The lowest BCUT2D eigenvalue weighted by Gasteiger charge is -2.31. The predicted molar refractivity (Wildman–Crippen MR) is 117 cm³/mol. The first-order chi connectivity index (χ1) is 14.1. The highest BCUT2D eigenvalue weighted by atomic mass is 35.5. The molecule has 2 atom stereocenters. The number of hydrogen-bond acceptors (Lipinski definition) is 4. The largest absolute Gasteiger partial charge is 0.504 e. The molecule has 0 aromatic heterocycles. The fourth-order valence-electron chi connectivity index (χ4n) is 3.56. The molecule has 0 fully saturated rings. The molecule has 2 N–H and O–H groups in total. The molecule has 3 aromatic carbocycles. The third-order valence-corrected chi connectivity index (χ3v) is 5.64. The topological polar surface area (TPSA) is 53.8 Å². The summed E-state index contributed by atoms with van der Waals surface area (Å²) in [5.41, 5.74) is 3.54. The van der Waals surface area contributed by atoms with Crippen molar-refractivity contribution in [3.8, 4) is 11.5 Å². The van der Waals surface area contributed by atoms with E-state index in [2.05, 4.69) is 5.32 Å². The molecule has 1 aliphatic rings. The lowest BCUT2D eigenvalue weighted by Crippen LogP contribution is -2.33. The number of para-hydroxylation sites is 1. The second kappa shape index (κ2) is 8.46. The van der Waals surface area contributed by atoms with E-state index in [1.807, 2.05) is 60.7 Å². The van der Waals surface area contributed by atoms with Crippen molar-refractivity contribution >= 4 is 28.9 Å². The molecule has 29 heavy (non-hydrogen) atoms. The minimum absolute atomic E-state index is 0.128. The number of aromatic hydroxyl groups is 1. The van der Waals surface area contributed by atoms with Crippen LogP contribution in [0.5, 0.6) is 11.5 Å². The normalized spacial score (nSPS) is 18.9. The Morgan fingerprint density at radius 1 is 0.966 bits per heavy atom. The molecule has 0 radical (unpaired) electrons. The van der Waals surface area contributed by atoms with E-state index >= 15 is 0 Å². The van der Waals surface area contributed by atoms with Crippen LogP contribution in [-0.4, -0.2) is 17.9 Å². The van der Waals surface area contributed by atoms with Crippen LogP contribution in [-0.2, 0) is 0 Å². The highest BCUT2D eigenvalue weighted by Crippen LogP contribution is 2.39. The van der Waals surface area contributed by atoms with Gasteiger partial charge in [-0.2, -0.15) is 0 Å². The van der Waals surface area contributed by atoms with Gasteiger partial charge in [0.05, 0.1) is 7.11 Å². The third-order valence-electron chi connectivity index (χ3n) is 5.04. The molecular formula is C23H20Cl2N2O2. The summed E-state index contributed by atoms with van der Waals surface area (Å²) in [5, 5.41) is 15.5. The Hall–Kier alpha value is -2.53. The van der Waals surface area contributed by atoms with Crippen molar-refractivity contribution in [3.63, 3.8) is 0 Å². The smallest absolute Gasteiger partial charge is 0.162 e. The summed E-state index contributed by atoms with van der Waals surface area (Å²) in [6.07, 6.45) is 0.252. The zero-order chi connectivity index (χ0) is 20.4. The van der Waals surface area contributed by atoms with Crippen molar-refractivity contribution in [3.05, 3.63) is 93.5 Å². The maximum atomic E-state index is 10.7. The van der Waals surface area contributed by atoms with Gasteiger partial charge in [0.2, 0.25) is 0 Å². The summed E-state index contributed by atoms with van der Waals surface area (Å²) in [6.45, 7) is 0. The van der Waals surface area contributed by atoms with Gasteiger partial charge in [0.25, 0.3) is 0 Å². The number of phenols is 1. The van der Waals surface area contributed by atoms with Crippen molar-refractivity contribution in [1.29, 1.82) is 0 Å². The molecule has 0 unspecified atom stereocenters. The Morgan fingerprint density at radius 3 is 2.41 bits per heavy atom. The fourth-order valence-corrected chi connectivity index (χ4v) is 3.93. The third kappa shape index (κ3) is 4.10. The van der Waals surface area contributed by atoms with Gasteiger partial charge in [-0.15, -0.1) is 0 Å². The van der Waals surface area contributed by atoms with Crippen LogP contribution in [0, 0.1) is 0 Å². The first-order valence-corrected chi connectivity index (χ1v) is 10.0. The summed E-state index contributed by atoms with van der Waals surface area (Å²) >= 11 is 12.5. The average Bonchev–Trinajstić information content (AvgIpc) is 2.74. The Bertz CT molecular complexity index is 1050. The first-order valence-electron chi connectivity index (χ1n) is 9.25. The second-order valence-corrected chi connectivity index (χ2v) is 7.67. The molecule has 0 amide bonds. The molecule has 4 nitrogen and oxygen atoms in total. The van der Waals surface area contributed by atoms with E-state index in [4.69, 9.17) is 32.9 Å². The quantitative estimate of drug-likeness (QED) is 0.543. The van der Waals surface area contributed by atoms with Crippen molar-refractivity contribution < 1.29 is 9.84 Å². The van der Waals surface area contributed by atoms with E-state index in [-0.39, 0.29) is 18.0 Å². The summed E-state index contributed by atoms with van der Waals surface area (Å²) in [4.78, 5) is 4.93. The van der Waals surface area contributed by atoms with Gasteiger partial charge in [-0.05, 0) is 29.8 Å². The molecule has 4 rings (SSSR count). The van der Waals surface area contributed by atoms with Gasteiger partial charge >= 0.3 is 0 Å². The van der Waals surface area contributed by atoms with Crippen molar-refractivity contribution in [1.82, 2.24) is 5.32 Å². The highest BCUT2D eigenvalue weighted by Gasteiger charge is 2.29. The van der Waals surface area contributed by atoms with Crippen molar-refractivity contribution in [2.24, 2.45) is 4.99 Å². The Morgan fingerprint density at radius 2 is 1.69 bits per heavy atom. The standard InChI is InChI=1S/C23H20Cl2N2O2/c1-29-21-8-4-6-17(22(21)28)20-13-19(14-9-11-15(24)12-10-14)26-23(27-20)16-5-2-3-7-18(16)25/h2-12,20,23,27-28H,13H2,1H3/t20-,23-/m1/s1. The zero-order valence-electron chi connectivity index (χ0n) is 15.8. The van der Waals surface area contributed by atoms with Crippen LogP contribution in [0.3, 0.4) is 0 Å². The van der Waals surface area contributed by atoms with Gasteiger partial charge in [0.1, 0.15) is 6.17 Å². The molecule has 0 saturated heterocycles. The summed E-state index contributed by atoms with van der Waals surface area (Å²) in [5.74, 6) is 0.567. The van der Waals surface area contributed by atoms with Gasteiger partial charge in [0.15, 0.2) is 11.5 Å². The number of phenolic OH excluding ortho intramolecular Hbond substituents is 1. The maximum Gasteiger partial charge on any atom is 0.162 e. The Labute approximate surface area is 179 Å². The fraction of sp³-hybridized carbons (Fsp3) is 0.174. The van der Waals surface area contributed by atoms with Crippen LogP contribution in [0.25, 0.3) is 0 Å². The van der Waals surface area contributed by atoms with Crippen LogP contribution in [0.2, 0.25) is 10.0 Å². The van der Waals surface area contributed by atoms with Crippen molar-refractivity contribution in [2.45, 2.75) is 18.6 Å². The number of benzene rings is 3. The Balaban J connectivity index is 1.78. The lowest BCUT2D eigenvalue weighted by molar-refractivity contribution is 0.360. The molecule has 0 bridgehead atoms. The molecule has 1 aliphatic heterocycles. The van der Waals surface area contributed by atoms with E-state index in [1.54, 1.807) is 13.2 Å². The maximum absolute atomic E-state index is 10.7. The number of ether oxygens (including phenoxy) is 1. The van der Waals surface area contributed by atoms with E-state index in [0.29, 0.717) is 22.2 Å². The van der Waals surface area contributed by atoms with Gasteiger partial charge in [-0.25, -0.2) is 0 Å². The number of nitrogens with one attached hydrogen (secondary N) is 1. The van der Waals surface area contributed by atoms with Gasteiger partial charge in [-0.3, -0.25) is 10.3 Å². The van der Waals surface area contributed by atoms with Gasteiger partial charge < -0.3 is 9.84 Å². The number of hydrogen-bond donors (Lipinski definition) is 2. The number of rotatable bonds is 4. The minimum Gasteiger partial charge on any atom is -0.504 e. The predicted octanol–water partition coefficient (Wildman–Crippen LogP) is 5.93. The highest BCUT2D eigenvalue weighted by molar-refractivity contribution is 6.31. The van der Waals surface area contributed by atoms with Crippen LogP contribution >= 0.6 is 23.2 Å². The van der Waals surface area contributed by atoms with E-state index in [1.165, 1.54) is 0 Å². The van der Waals surface area contributed by atoms with Gasteiger partial charge in [0, 0.05) is 39.3 Å². The van der Waals surface area contributed by atoms with Crippen LogP contribution < -0.4 is 10.1 Å². The molecule has 0 saturated carbocycles. The molecular weight excluding hydrogens is 407 g/mol. The summed E-state index contributed by atoms with van der Waals surface area (Å²) < 4.78 is 5.29.